The second kappa shape index (κ2) is 12.5. The van der Waals surface area contributed by atoms with E-state index < -0.39 is 5.97 Å². The van der Waals surface area contributed by atoms with E-state index >= 15 is 0 Å². The molecule has 38 heavy (non-hydrogen) atoms. The van der Waals surface area contributed by atoms with Gasteiger partial charge < -0.3 is 19.5 Å². The summed E-state index contributed by atoms with van der Waals surface area (Å²) in [5.74, 6) is -0.0472. The number of hydrogen-bond acceptors (Lipinski definition) is 9. The van der Waals surface area contributed by atoms with Crippen molar-refractivity contribution in [2.75, 3.05) is 26.1 Å². The number of aromatic nitrogens is 1. The highest BCUT2D eigenvalue weighted by Crippen LogP contribution is 2.28. The second-order valence-corrected chi connectivity index (χ2v) is 8.94. The fourth-order valence-corrected chi connectivity index (χ4v) is 4.07. The van der Waals surface area contributed by atoms with Crippen LogP contribution >= 0.6 is 11.3 Å². The molecule has 0 aliphatic carbocycles. The quantitative estimate of drug-likeness (QED) is 0.165. The van der Waals surface area contributed by atoms with Crippen molar-refractivity contribution < 1.29 is 23.8 Å². The molecule has 10 heteroatoms. The molecule has 3 aromatic carbocycles. The predicted octanol–water partition coefficient (Wildman–Crippen LogP) is 5.19. The monoisotopic (exact) mass is 530 g/mol. The Balaban J connectivity index is 1.33. The fourth-order valence-electron chi connectivity index (χ4n) is 3.33. The summed E-state index contributed by atoms with van der Waals surface area (Å²) in [5, 5.41) is 10.1. The minimum absolute atomic E-state index is 0.233. The molecule has 9 nitrogen and oxygen atoms in total. The Morgan fingerprint density at radius 3 is 2.47 bits per heavy atom. The molecule has 0 radical (unpaired) electrons. The number of anilines is 2. The Hall–Kier alpha value is -4.70. The van der Waals surface area contributed by atoms with Crippen LogP contribution in [-0.4, -0.2) is 43.9 Å². The van der Waals surface area contributed by atoms with Crippen LogP contribution in [-0.2, 0) is 9.53 Å². The number of benzene rings is 3. The van der Waals surface area contributed by atoms with Crippen LogP contribution in [0.1, 0.15) is 21.5 Å². The minimum atomic E-state index is -0.500. The average molecular weight is 531 g/mol. The molecule has 0 atom stereocenters. The van der Waals surface area contributed by atoms with Gasteiger partial charge in [-0.05, 0) is 55.0 Å². The Morgan fingerprint density at radius 2 is 1.76 bits per heavy atom. The first-order valence-corrected chi connectivity index (χ1v) is 12.4. The zero-order valence-electron chi connectivity index (χ0n) is 21.1. The van der Waals surface area contributed by atoms with Gasteiger partial charge in [0.25, 0.3) is 5.91 Å². The molecule has 2 N–H and O–H groups in total. The Kier molecular flexibility index (Phi) is 8.68. The van der Waals surface area contributed by atoms with Gasteiger partial charge in [0.05, 0.1) is 26.1 Å². The van der Waals surface area contributed by atoms with Crippen LogP contribution in [0.4, 0.5) is 10.8 Å². The van der Waals surface area contributed by atoms with Gasteiger partial charge in [-0.15, -0.1) is 11.3 Å². The second-order valence-electron chi connectivity index (χ2n) is 8.08. The van der Waals surface area contributed by atoms with E-state index in [1.165, 1.54) is 37.3 Å². The zero-order valence-corrected chi connectivity index (χ0v) is 21.9. The summed E-state index contributed by atoms with van der Waals surface area (Å²) in [7, 11) is 2.77. The molecule has 0 aliphatic rings. The molecular weight excluding hydrogens is 504 g/mol. The topological polar surface area (TPSA) is 111 Å². The third-order valence-corrected chi connectivity index (χ3v) is 6.15. The van der Waals surface area contributed by atoms with Crippen molar-refractivity contribution in [2.45, 2.75) is 6.92 Å². The number of carbonyl (C=O) groups excluding carboxylic acids is 2. The molecule has 0 aliphatic heterocycles. The Labute approximate surface area is 224 Å². The van der Waals surface area contributed by atoms with Crippen LogP contribution in [0.15, 0.2) is 77.2 Å². The van der Waals surface area contributed by atoms with Crippen molar-refractivity contribution in [1.29, 1.82) is 0 Å². The molecule has 0 unspecified atom stereocenters. The molecule has 1 aromatic heterocycles. The number of ether oxygens (including phenoxy) is 3. The summed E-state index contributed by atoms with van der Waals surface area (Å²) in [4.78, 5) is 28.5. The molecule has 0 spiro atoms. The number of carbonyl (C=O) groups is 2. The van der Waals surface area contributed by atoms with Crippen LogP contribution in [0.2, 0.25) is 0 Å². The number of amides is 1. The number of nitrogens with one attached hydrogen (secondary N) is 2. The average Bonchev–Trinajstić information content (AvgIpc) is 3.41. The van der Waals surface area contributed by atoms with Crippen LogP contribution in [0.25, 0.3) is 11.3 Å². The van der Waals surface area contributed by atoms with Crippen molar-refractivity contribution in [1.82, 2.24) is 10.4 Å². The molecular formula is C28H26N4O5S. The van der Waals surface area contributed by atoms with Crippen molar-refractivity contribution in [3.05, 3.63) is 88.8 Å². The summed E-state index contributed by atoms with van der Waals surface area (Å²) >= 11 is 1.51. The molecule has 194 valence electrons. The lowest BCUT2D eigenvalue weighted by molar-refractivity contribution is -0.142. The van der Waals surface area contributed by atoms with E-state index in [-0.39, 0.29) is 12.5 Å². The number of nitrogens with zero attached hydrogens (tertiary/aromatic N) is 2. The highest BCUT2D eigenvalue weighted by Gasteiger charge is 2.10. The summed E-state index contributed by atoms with van der Waals surface area (Å²) in [6, 6.07) is 20.3. The smallest absolute Gasteiger partial charge is 0.343 e. The maximum absolute atomic E-state index is 12.5. The third kappa shape index (κ3) is 6.95. The van der Waals surface area contributed by atoms with E-state index in [1.54, 1.807) is 30.3 Å². The van der Waals surface area contributed by atoms with Gasteiger partial charge in [0.1, 0.15) is 0 Å². The lowest BCUT2D eigenvalue weighted by Gasteiger charge is -2.10. The van der Waals surface area contributed by atoms with Gasteiger partial charge in [0.15, 0.2) is 23.2 Å². The van der Waals surface area contributed by atoms with Crippen molar-refractivity contribution in [3.8, 4) is 22.8 Å². The number of hydrazone groups is 1. The van der Waals surface area contributed by atoms with Crippen LogP contribution in [0.5, 0.6) is 11.5 Å². The van der Waals surface area contributed by atoms with E-state index in [1.807, 2.05) is 48.7 Å². The van der Waals surface area contributed by atoms with Crippen molar-refractivity contribution >= 4 is 40.2 Å². The summed E-state index contributed by atoms with van der Waals surface area (Å²) < 4.78 is 15.2. The maximum atomic E-state index is 12.5. The molecule has 0 saturated carbocycles. The first-order valence-electron chi connectivity index (χ1n) is 11.6. The van der Waals surface area contributed by atoms with Gasteiger partial charge in [-0.25, -0.2) is 15.2 Å². The molecule has 1 amide bonds. The lowest BCUT2D eigenvalue weighted by atomic mass is 10.1. The Morgan fingerprint density at radius 1 is 1.00 bits per heavy atom. The van der Waals surface area contributed by atoms with Crippen LogP contribution in [0, 0.1) is 6.92 Å². The number of methoxy groups -OCH3 is 2. The van der Waals surface area contributed by atoms with E-state index in [0.717, 1.165) is 22.1 Å². The zero-order chi connectivity index (χ0) is 26.9. The predicted molar refractivity (Wildman–Crippen MR) is 148 cm³/mol. The summed E-state index contributed by atoms with van der Waals surface area (Å²) in [6.45, 7) is 1.81. The first kappa shape index (κ1) is 26.4. The lowest BCUT2D eigenvalue weighted by Crippen LogP contribution is -2.17. The first-order chi connectivity index (χ1) is 18.4. The van der Waals surface area contributed by atoms with Gasteiger partial charge in [-0.3, -0.25) is 4.79 Å². The van der Waals surface area contributed by atoms with Crippen molar-refractivity contribution in [3.63, 3.8) is 0 Å². The van der Waals surface area contributed by atoms with E-state index in [9.17, 15) is 9.59 Å². The highest BCUT2D eigenvalue weighted by atomic mass is 32.1. The normalized spacial score (nSPS) is 10.7. The maximum Gasteiger partial charge on any atom is 0.343 e. The number of aryl methyl sites for hydroxylation is 1. The standard InChI is InChI=1S/C28H26N4O5S/c1-18-4-11-22(12-5-18)30-28-31-23(17-38-28)20-7-9-21(10-8-20)27(34)32-29-15-19-6-13-24(25(14-19)35-2)37-16-26(33)36-3/h4-15,17H,16H2,1-3H3,(H,30,31)(H,32,34)/b29-15-. The summed E-state index contributed by atoms with van der Waals surface area (Å²) in [6.07, 6.45) is 1.48. The molecule has 0 fully saturated rings. The molecule has 1 heterocycles. The molecule has 4 rings (SSSR count). The van der Waals surface area contributed by atoms with E-state index in [2.05, 4.69) is 25.6 Å². The van der Waals surface area contributed by atoms with Crippen LogP contribution in [0.3, 0.4) is 0 Å². The minimum Gasteiger partial charge on any atom is -0.493 e. The van der Waals surface area contributed by atoms with E-state index in [0.29, 0.717) is 22.6 Å². The molecule has 4 aromatic rings. The fraction of sp³-hybridized carbons (Fsp3) is 0.143. The third-order valence-electron chi connectivity index (χ3n) is 5.39. The van der Waals surface area contributed by atoms with Gasteiger partial charge in [0, 0.05) is 22.2 Å². The number of rotatable bonds is 10. The molecule has 0 saturated heterocycles. The molecule has 0 bridgehead atoms. The van der Waals surface area contributed by atoms with Gasteiger partial charge >= 0.3 is 5.97 Å². The SMILES string of the molecule is COC(=O)COc1ccc(/C=N\NC(=O)c2ccc(-c3csc(Nc4ccc(C)cc4)n3)cc2)cc1OC. The van der Waals surface area contributed by atoms with Gasteiger partial charge in [-0.2, -0.15) is 5.10 Å². The number of hydrogen-bond donors (Lipinski definition) is 2. The Bertz CT molecular complexity index is 1430. The van der Waals surface area contributed by atoms with Crippen LogP contribution < -0.4 is 20.2 Å². The summed E-state index contributed by atoms with van der Waals surface area (Å²) in [5.41, 5.74) is 7.54. The number of esters is 1. The highest BCUT2D eigenvalue weighted by molar-refractivity contribution is 7.14. The van der Waals surface area contributed by atoms with E-state index in [4.69, 9.17) is 9.47 Å². The van der Waals surface area contributed by atoms with Gasteiger partial charge in [0.2, 0.25) is 0 Å². The number of thiazole rings is 1. The largest absolute Gasteiger partial charge is 0.493 e. The van der Waals surface area contributed by atoms with Crippen molar-refractivity contribution in [2.24, 2.45) is 5.10 Å². The van der Waals surface area contributed by atoms with Gasteiger partial charge in [-0.1, -0.05) is 29.8 Å².